The van der Waals surface area contributed by atoms with E-state index >= 15 is 0 Å². The third kappa shape index (κ3) is 5.78. The maximum Gasteiger partial charge on any atom is 0.408 e. The Kier molecular flexibility index (Phi) is 6.78. The highest BCUT2D eigenvalue weighted by molar-refractivity contribution is 5.87. The van der Waals surface area contributed by atoms with E-state index in [9.17, 15) is 19.7 Å². The molecule has 0 radical (unpaired) electrons. The zero-order valence-electron chi connectivity index (χ0n) is 15.9. The van der Waals surface area contributed by atoms with E-state index in [4.69, 9.17) is 4.74 Å². The van der Waals surface area contributed by atoms with Crippen LogP contribution in [-0.2, 0) is 16.1 Å². The van der Waals surface area contributed by atoms with Crippen molar-refractivity contribution in [2.24, 2.45) is 0 Å². The molecule has 2 aromatic carbocycles. The largest absolute Gasteiger partial charge is 0.445 e. The maximum absolute atomic E-state index is 12.8. The highest BCUT2D eigenvalue weighted by Gasteiger charge is 2.28. The summed E-state index contributed by atoms with van der Waals surface area (Å²) in [4.78, 5) is 35.7. The molecule has 29 heavy (non-hydrogen) atoms. The number of nitrogens with one attached hydrogen (secondary N) is 2. The van der Waals surface area contributed by atoms with Crippen LogP contribution in [0.5, 0.6) is 0 Å². The summed E-state index contributed by atoms with van der Waals surface area (Å²) in [7, 11) is 0. The van der Waals surface area contributed by atoms with Gasteiger partial charge in [0.05, 0.1) is 4.92 Å². The van der Waals surface area contributed by atoms with E-state index < -0.39 is 23.0 Å². The molecular formula is C21H23N3O5. The van der Waals surface area contributed by atoms with Gasteiger partial charge >= 0.3 is 6.09 Å². The van der Waals surface area contributed by atoms with Gasteiger partial charge in [-0.2, -0.15) is 0 Å². The van der Waals surface area contributed by atoms with Crippen LogP contribution < -0.4 is 10.6 Å². The van der Waals surface area contributed by atoms with Crippen molar-refractivity contribution < 1.29 is 19.2 Å². The smallest absolute Gasteiger partial charge is 0.408 e. The van der Waals surface area contributed by atoms with Crippen LogP contribution in [0, 0.1) is 10.1 Å². The minimum atomic E-state index is -1.08. The third-order valence-electron chi connectivity index (χ3n) is 4.85. The number of hydrogen-bond acceptors (Lipinski definition) is 5. The van der Waals surface area contributed by atoms with Crippen molar-refractivity contribution in [2.45, 2.75) is 44.4 Å². The van der Waals surface area contributed by atoms with Gasteiger partial charge in [-0.15, -0.1) is 0 Å². The normalized spacial score (nSPS) is 14.8. The predicted octanol–water partition coefficient (Wildman–Crippen LogP) is 3.62. The molecule has 0 spiro atoms. The number of carbonyl (C=O) groups excluding carboxylic acids is 2. The molecule has 0 aromatic heterocycles. The summed E-state index contributed by atoms with van der Waals surface area (Å²) in [5.41, 5.74) is 0.983. The number of hydrogen-bond donors (Lipinski definition) is 2. The van der Waals surface area contributed by atoms with E-state index in [1.54, 1.807) is 6.07 Å². The summed E-state index contributed by atoms with van der Waals surface area (Å²) in [5, 5.41) is 16.6. The predicted molar refractivity (Wildman–Crippen MR) is 106 cm³/mol. The number of amides is 2. The minimum Gasteiger partial charge on any atom is -0.445 e. The van der Waals surface area contributed by atoms with Gasteiger partial charge in [0, 0.05) is 18.2 Å². The zero-order chi connectivity index (χ0) is 20.6. The van der Waals surface area contributed by atoms with Crippen molar-refractivity contribution in [1.29, 1.82) is 0 Å². The first-order valence-corrected chi connectivity index (χ1v) is 9.55. The van der Waals surface area contributed by atoms with Crippen molar-refractivity contribution in [3.8, 4) is 0 Å². The summed E-state index contributed by atoms with van der Waals surface area (Å²) < 4.78 is 5.21. The fraction of sp³-hybridized carbons (Fsp3) is 0.333. The number of nitro groups is 1. The van der Waals surface area contributed by atoms with Crippen molar-refractivity contribution in [2.75, 3.05) is 0 Å². The number of ether oxygens (including phenoxy) is 1. The van der Waals surface area contributed by atoms with Crippen LogP contribution in [0.1, 0.15) is 42.9 Å². The van der Waals surface area contributed by atoms with Gasteiger partial charge in [-0.05, 0) is 24.0 Å². The van der Waals surface area contributed by atoms with Gasteiger partial charge in [0.25, 0.3) is 5.69 Å². The first-order chi connectivity index (χ1) is 14.0. The molecule has 1 aliphatic rings. The molecule has 0 unspecified atom stereocenters. The number of nitro benzene ring substituents is 1. The second-order valence-electron chi connectivity index (χ2n) is 6.98. The molecule has 8 heteroatoms. The number of non-ortho nitro benzene ring substituents is 1. The Hall–Kier alpha value is -3.42. The number of rotatable bonds is 7. The van der Waals surface area contributed by atoms with E-state index in [0.717, 1.165) is 31.2 Å². The molecule has 2 amide bonds. The molecular weight excluding hydrogens is 374 g/mol. The van der Waals surface area contributed by atoms with E-state index in [-0.39, 0.29) is 18.3 Å². The summed E-state index contributed by atoms with van der Waals surface area (Å²) in [5.74, 6) is -0.408. The maximum atomic E-state index is 12.8. The van der Waals surface area contributed by atoms with Crippen LogP contribution in [0.25, 0.3) is 0 Å². The highest BCUT2D eigenvalue weighted by atomic mass is 16.6. The topological polar surface area (TPSA) is 111 Å². The molecule has 0 bridgehead atoms. The van der Waals surface area contributed by atoms with Crippen LogP contribution in [0.2, 0.25) is 0 Å². The van der Waals surface area contributed by atoms with E-state index in [1.165, 1.54) is 18.2 Å². The summed E-state index contributed by atoms with van der Waals surface area (Å²) in [6.07, 6.45) is 3.07. The molecule has 152 valence electrons. The Balaban J connectivity index is 1.72. The Morgan fingerprint density at radius 3 is 2.52 bits per heavy atom. The average molecular weight is 397 g/mol. The van der Waals surface area contributed by atoms with Gasteiger partial charge in [-0.25, -0.2) is 4.79 Å². The lowest BCUT2D eigenvalue weighted by Gasteiger charge is -2.21. The highest BCUT2D eigenvalue weighted by Crippen LogP contribution is 2.22. The first-order valence-electron chi connectivity index (χ1n) is 9.55. The fourth-order valence-corrected chi connectivity index (χ4v) is 3.36. The zero-order valence-corrected chi connectivity index (χ0v) is 15.9. The molecule has 1 fully saturated rings. The lowest BCUT2D eigenvalue weighted by molar-refractivity contribution is -0.384. The standard InChI is InChI=1S/C21H23N3O5/c25-20(22-17-10-4-5-11-17)19(16-9-6-12-18(13-16)24(27)28)23-21(26)29-14-15-7-2-1-3-8-15/h1-3,6-9,12-13,17,19H,4-5,10-11,14H2,(H,22,25)(H,23,26)/t19-/m1/s1. The lowest BCUT2D eigenvalue weighted by atomic mass is 10.0. The Labute approximate surface area is 168 Å². The number of benzene rings is 2. The molecule has 1 atom stereocenters. The number of nitrogens with zero attached hydrogens (tertiary/aromatic N) is 1. The molecule has 0 aliphatic heterocycles. The second kappa shape index (κ2) is 9.68. The van der Waals surface area contributed by atoms with Crippen molar-refractivity contribution in [3.63, 3.8) is 0 Å². The molecule has 2 aromatic rings. The summed E-state index contributed by atoms with van der Waals surface area (Å²) >= 11 is 0. The second-order valence-corrected chi connectivity index (χ2v) is 6.98. The minimum absolute atomic E-state index is 0.0471. The molecule has 3 rings (SSSR count). The SMILES string of the molecule is O=C(N[C@@H](C(=O)NC1CCCC1)c1cccc([N+](=O)[O-])c1)OCc1ccccc1. The molecule has 0 heterocycles. The van der Waals surface area contributed by atoms with Crippen LogP contribution in [0.4, 0.5) is 10.5 Å². The summed E-state index contributed by atoms with van der Waals surface area (Å²) in [6.45, 7) is 0.0541. The third-order valence-corrected chi connectivity index (χ3v) is 4.85. The van der Waals surface area contributed by atoms with E-state index in [0.29, 0.717) is 5.56 Å². The molecule has 2 N–H and O–H groups in total. The average Bonchev–Trinajstić information content (AvgIpc) is 3.24. The fourth-order valence-electron chi connectivity index (χ4n) is 3.36. The van der Waals surface area contributed by atoms with Gasteiger partial charge in [0.1, 0.15) is 12.6 Å². The van der Waals surface area contributed by atoms with Crippen molar-refractivity contribution >= 4 is 17.7 Å². The van der Waals surface area contributed by atoms with E-state index in [1.807, 2.05) is 30.3 Å². The van der Waals surface area contributed by atoms with Gasteiger partial charge in [-0.1, -0.05) is 55.3 Å². The summed E-state index contributed by atoms with van der Waals surface area (Å²) in [6, 6.07) is 13.8. The molecule has 0 saturated heterocycles. The monoisotopic (exact) mass is 397 g/mol. The van der Waals surface area contributed by atoms with Crippen LogP contribution in [0.15, 0.2) is 54.6 Å². The Bertz CT molecular complexity index is 866. The molecule has 1 aliphatic carbocycles. The van der Waals surface area contributed by atoms with Crippen molar-refractivity contribution in [3.05, 3.63) is 75.8 Å². The van der Waals surface area contributed by atoms with Crippen LogP contribution >= 0.6 is 0 Å². The van der Waals surface area contributed by atoms with Gasteiger partial charge < -0.3 is 15.4 Å². The number of alkyl carbamates (subject to hydrolysis) is 1. The first kappa shape index (κ1) is 20.3. The van der Waals surface area contributed by atoms with E-state index in [2.05, 4.69) is 10.6 Å². The van der Waals surface area contributed by atoms with Crippen LogP contribution in [0.3, 0.4) is 0 Å². The Morgan fingerprint density at radius 1 is 1.10 bits per heavy atom. The molecule has 1 saturated carbocycles. The molecule has 8 nitrogen and oxygen atoms in total. The van der Waals surface area contributed by atoms with Gasteiger partial charge in [-0.3, -0.25) is 14.9 Å². The van der Waals surface area contributed by atoms with Gasteiger partial charge in [0.2, 0.25) is 5.91 Å². The Morgan fingerprint density at radius 2 is 1.83 bits per heavy atom. The number of carbonyl (C=O) groups is 2. The quantitative estimate of drug-likeness (QED) is 0.548. The van der Waals surface area contributed by atoms with Gasteiger partial charge in [0.15, 0.2) is 0 Å². The van der Waals surface area contributed by atoms with Crippen molar-refractivity contribution in [1.82, 2.24) is 10.6 Å². The lowest BCUT2D eigenvalue weighted by Crippen LogP contribution is -2.43. The van der Waals surface area contributed by atoms with Crippen LogP contribution in [-0.4, -0.2) is 23.0 Å².